The maximum Gasteiger partial charge on any atom is 0.333 e. The summed E-state index contributed by atoms with van der Waals surface area (Å²) in [5.41, 5.74) is -0.0379. The molecule has 0 amide bonds. The molecule has 0 bridgehead atoms. The minimum absolute atomic E-state index is 0.250. The molecule has 1 N–H and O–H groups in total. The number of likely N-dealkylation sites (tertiary alicyclic amines) is 1. The quantitative estimate of drug-likeness (QED) is 0.859. The summed E-state index contributed by atoms with van der Waals surface area (Å²) in [7, 11) is 1.98. The number of benzene rings is 1. The second-order valence-electron chi connectivity index (χ2n) is 5.40. The maximum atomic E-state index is 13.0. The van der Waals surface area contributed by atoms with Crippen LogP contribution in [0.15, 0.2) is 24.3 Å². The SMILES string of the molecule is CCOC(=O)C1(Nc2ccc(F)cc2)CC(C)N(C)C1. The molecule has 110 valence electrons. The first-order valence-electron chi connectivity index (χ1n) is 6.88. The van der Waals surface area contributed by atoms with Gasteiger partial charge in [0.15, 0.2) is 0 Å². The standard InChI is InChI=1S/C15H21FN2O2/c1-4-20-14(19)15(9-11(2)18(3)10-15)17-13-7-5-12(16)6-8-13/h5-8,11,17H,4,9-10H2,1-3H3. The van der Waals surface area contributed by atoms with Crippen LogP contribution in [0.25, 0.3) is 0 Å². The second-order valence-corrected chi connectivity index (χ2v) is 5.40. The van der Waals surface area contributed by atoms with Gasteiger partial charge in [0.1, 0.15) is 11.4 Å². The summed E-state index contributed by atoms with van der Waals surface area (Å²) >= 11 is 0. The van der Waals surface area contributed by atoms with E-state index in [-0.39, 0.29) is 17.8 Å². The van der Waals surface area contributed by atoms with Crippen LogP contribution >= 0.6 is 0 Å². The highest BCUT2D eigenvalue weighted by Crippen LogP contribution is 2.31. The van der Waals surface area contributed by atoms with Crippen molar-refractivity contribution in [3.8, 4) is 0 Å². The Morgan fingerprint density at radius 1 is 1.50 bits per heavy atom. The Bertz CT molecular complexity index is 465. The van der Waals surface area contributed by atoms with Crippen molar-refractivity contribution in [1.29, 1.82) is 0 Å². The van der Waals surface area contributed by atoms with Crippen molar-refractivity contribution in [2.75, 3.05) is 25.5 Å². The fourth-order valence-corrected chi connectivity index (χ4v) is 2.67. The van der Waals surface area contributed by atoms with Crippen molar-refractivity contribution in [3.63, 3.8) is 0 Å². The highest BCUT2D eigenvalue weighted by atomic mass is 19.1. The fourth-order valence-electron chi connectivity index (χ4n) is 2.67. The third-order valence-electron chi connectivity index (χ3n) is 3.81. The molecule has 1 heterocycles. The van der Waals surface area contributed by atoms with Gasteiger partial charge in [-0.3, -0.25) is 0 Å². The Hall–Kier alpha value is -1.62. The van der Waals surface area contributed by atoms with Crippen LogP contribution in [0.2, 0.25) is 0 Å². The monoisotopic (exact) mass is 280 g/mol. The van der Waals surface area contributed by atoms with Gasteiger partial charge in [-0.15, -0.1) is 0 Å². The van der Waals surface area contributed by atoms with E-state index in [1.165, 1.54) is 12.1 Å². The number of carbonyl (C=O) groups is 1. The van der Waals surface area contributed by atoms with Crippen molar-refractivity contribution in [2.45, 2.75) is 31.8 Å². The van der Waals surface area contributed by atoms with Gasteiger partial charge in [-0.05, 0) is 51.6 Å². The molecule has 1 fully saturated rings. The number of halogens is 1. The number of anilines is 1. The molecule has 2 rings (SSSR count). The van der Waals surface area contributed by atoms with Crippen LogP contribution in [0.3, 0.4) is 0 Å². The Balaban J connectivity index is 2.23. The van der Waals surface area contributed by atoms with Crippen LogP contribution in [-0.4, -0.2) is 42.6 Å². The van der Waals surface area contributed by atoms with Crippen LogP contribution < -0.4 is 5.32 Å². The van der Waals surface area contributed by atoms with Crippen molar-refractivity contribution < 1.29 is 13.9 Å². The molecule has 0 radical (unpaired) electrons. The third kappa shape index (κ3) is 2.93. The summed E-state index contributed by atoms with van der Waals surface area (Å²) < 4.78 is 18.2. The molecule has 20 heavy (non-hydrogen) atoms. The van der Waals surface area contributed by atoms with Gasteiger partial charge in [-0.2, -0.15) is 0 Å². The summed E-state index contributed by atoms with van der Waals surface area (Å²) in [6.45, 7) is 4.80. The lowest BCUT2D eigenvalue weighted by Crippen LogP contribution is -2.49. The summed E-state index contributed by atoms with van der Waals surface area (Å²) in [6.07, 6.45) is 0.666. The molecule has 1 saturated heterocycles. The number of hydrogen-bond acceptors (Lipinski definition) is 4. The molecule has 2 atom stereocenters. The number of carbonyl (C=O) groups excluding carboxylic acids is 1. The summed E-state index contributed by atoms with van der Waals surface area (Å²) in [6, 6.07) is 6.32. The average Bonchev–Trinajstić information content (AvgIpc) is 2.69. The van der Waals surface area contributed by atoms with Crippen LogP contribution in [0, 0.1) is 5.82 Å². The van der Waals surface area contributed by atoms with Gasteiger partial charge in [0.2, 0.25) is 0 Å². The Labute approximate surface area is 118 Å². The van der Waals surface area contributed by atoms with Crippen molar-refractivity contribution in [1.82, 2.24) is 4.90 Å². The first-order chi connectivity index (χ1) is 9.47. The van der Waals surface area contributed by atoms with Gasteiger partial charge in [0.25, 0.3) is 0 Å². The number of likely N-dealkylation sites (N-methyl/N-ethyl adjacent to an activating group) is 1. The zero-order chi connectivity index (χ0) is 14.8. The van der Waals surface area contributed by atoms with E-state index in [1.54, 1.807) is 19.1 Å². The van der Waals surface area contributed by atoms with E-state index in [0.29, 0.717) is 19.6 Å². The lowest BCUT2D eigenvalue weighted by Gasteiger charge is -2.29. The minimum Gasteiger partial charge on any atom is -0.464 e. The first kappa shape index (κ1) is 14.8. The van der Waals surface area contributed by atoms with Gasteiger partial charge in [-0.25, -0.2) is 9.18 Å². The van der Waals surface area contributed by atoms with E-state index in [2.05, 4.69) is 17.1 Å². The van der Waals surface area contributed by atoms with Crippen LogP contribution in [0.4, 0.5) is 10.1 Å². The number of nitrogens with zero attached hydrogens (tertiary/aromatic N) is 1. The Morgan fingerprint density at radius 3 is 2.65 bits per heavy atom. The minimum atomic E-state index is -0.762. The molecule has 0 aliphatic carbocycles. The lowest BCUT2D eigenvalue weighted by molar-refractivity contribution is -0.148. The Kier molecular flexibility index (Phi) is 4.28. The normalized spacial score (nSPS) is 26.5. The van der Waals surface area contributed by atoms with Crippen LogP contribution in [-0.2, 0) is 9.53 Å². The van der Waals surface area contributed by atoms with Crippen molar-refractivity contribution >= 4 is 11.7 Å². The van der Waals surface area contributed by atoms with Crippen LogP contribution in [0.5, 0.6) is 0 Å². The van der Waals surface area contributed by atoms with E-state index in [1.807, 2.05) is 7.05 Å². The topological polar surface area (TPSA) is 41.6 Å². The molecular formula is C15H21FN2O2. The van der Waals surface area contributed by atoms with Crippen LogP contribution in [0.1, 0.15) is 20.3 Å². The number of nitrogens with one attached hydrogen (secondary N) is 1. The number of ether oxygens (including phenoxy) is 1. The molecular weight excluding hydrogens is 259 g/mol. The predicted octanol–water partition coefficient (Wildman–Crippen LogP) is 2.26. The molecule has 0 aromatic heterocycles. The summed E-state index contributed by atoms with van der Waals surface area (Å²) in [5, 5.41) is 3.24. The number of esters is 1. The Morgan fingerprint density at radius 2 is 2.15 bits per heavy atom. The lowest BCUT2D eigenvalue weighted by atomic mass is 9.95. The molecule has 1 aromatic rings. The third-order valence-corrected chi connectivity index (χ3v) is 3.81. The van der Waals surface area contributed by atoms with E-state index in [9.17, 15) is 9.18 Å². The molecule has 1 aliphatic heterocycles. The first-order valence-corrected chi connectivity index (χ1v) is 6.88. The molecule has 1 aliphatic rings. The van der Waals surface area contributed by atoms with E-state index < -0.39 is 5.54 Å². The largest absolute Gasteiger partial charge is 0.464 e. The number of rotatable bonds is 4. The highest BCUT2D eigenvalue weighted by Gasteiger charge is 2.48. The average molecular weight is 280 g/mol. The molecule has 4 nitrogen and oxygen atoms in total. The van der Waals surface area contributed by atoms with E-state index in [4.69, 9.17) is 4.74 Å². The predicted molar refractivity (Wildman–Crippen MR) is 76.1 cm³/mol. The molecule has 2 unspecified atom stereocenters. The molecule has 0 spiro atoms. The van der Waals surface area contributed by atoms with Crippen molar-refractivity contribution in [3.05, 3.63) is 30.1 Å². The van der Waals surface area contributed by atoms with Gasteiger partial charge in [0, 0.05) is 18.3 Å². The van der Waals surface area contributed by atoms with E-state index in [0.717, 1.165) is 5.69 Å². The zero-order valence-electron chi connectivity index (χ0n) is 12.1. The highest BCUT2D eigenvalue weighted by molar-refractivity contribution is 5.85. The van der Waals surface area contributed by atoms with Gasteiger partial charge < -0.3 is 15.0 Å². The summed E-state index contributed by atoms with van der Waals surface area (Å²) in [4.78, 5) is 14.5. The molecule has 1 aromatic carbocycles. The zero-order valence-corrected chi connectivity index (χ0v) is 12.1. The van der Waals surface area contributed by atoms with Gasteiger partial charge in [-0.1, -0.05) is 0 Å². The number of hydrogen-bond donors (Lipinski definition) is 1. The van der Waals surface area contributed by atoms with E-state index >= 15 is 0 Å². The molecule has 5 heteroatoms. The van der Waals surface area contributed by atoms with Gasteiger partial charge in [0.05, 0.1) is 6.61 Å². The summed E-state index contributed by atoms with van der Waals surface area (Å²) in [5.74, 6) is -0.543. The fraction of sp³-hybridized carbons (Fsp3) is 0.533. The second kappa shape index (κ2) is 5.79. The smallest absolute Gasteiger partial charge is 0.333 e. The van der Waals surface area contributed by atoms with Gasteiger partial charge >= 0.3 is 5.97 Å². The molecule has 0 saturated carbocycles. The maximum absolute atomic E-state index is 13.0. The van der Waals surface area contributed by atoms with Crippen molar-refractivity contribution in [2.24, 2.45) is 0 Å².